The first-order chi connectivity index (χ1) is 6.92. The van der Waals surface area contributed by atoms with Gasteiger partial charge in [0.1, 0.15) is 5.54 Å². The van der Waals surface area contributed by atoms with Gasteiger partial charge >= 0.3 is 6.03 Å². The lowest BCUT2D eigenvalue weighted by molar-refractivity contribution is -0.122. The summed E-state index contributed by atoms with van der Waals surface area (Å²) in [7, 11) is 0. The lowest BCUT2D eigenvalue weighted by Gasteiger charge is -2.23. The molecule has 1 rings (SSSR count). The van der Waals surface area contributed by atoms with E-state index in [2.05, 4.69) is 10.6 Å². The number of rotatable bonds is 3. The summed E-state index contributed by atoms with van der Waals surface area (Å²) in [6.07, 6.45) is 4.35. The molecule has 1 saturated carbocycles. The fourth-order valence-corrected chi connectivity index (χ4v) is 1.64. The van der Waals surface area contributed by atoms with Gasteiger partial charge in [-0.05, 0) is 26.7 Å². The van der Waals surface area contributed by atoms with Gasteiger partial charge in [-0.2, -0.15) is 0 Å². The van der Waals surface area contributed by atoms with E-state index in [-0.39, 0.29) is 12.1 Å². The van der Waals surface area contributed by atoms with Gasteiger partial charge in [-0.25, -0.2) is 4.79 Å². The van der Waals surface area contributed by atoms with Crippen LogP contribution in [0.5, 0.6) is 0 Å². The van der Waals surface area contributed by atoms with Crippen LogP contribution in [0.1, 0.15) is 39.5 Å². The molecule has 1 aliphatic carbocycles. The van der Waals surface area contributed by atoms with E-state index < -0.39 is 11.4 Å². The average molecular weight is 213 g/mol. The number of nitrogens with one attached hydrogen (secondary N) is 2. The van der Waals surface area contributed by atoms with E-state index >= 15 is 0 Å². The van der Waals surface area contributed by atoms with Crippen molar-refractivity contribution in [1.82, 2.24) is 10.6 Å². The van der Waals surface area contributed by atoms with E-state index in [1.54, 1.807) is 13.8 Å². The number of urea groups is 1. The van der Waals surface area contributed by atoms with Crippen molar-refractivity contribution >= 4 is 11.9 Å². The number of carbonyl (C=O) groups is 2. The summed E-state index contributed by atoms with van der Waals surface area (Å²) in [5, 5.41) is 5.39. The van der Waals surface area contributed by atoms with E-state index in [0.717, 1.165) is 25.7 Å². The van der Waals surface area contributed by atoms with Crippen LogP contribution < -0.4 is 16.4 Å². The number of amides is 3. The third kappa shape index (κ3) is 3.42. The maximum absolute atomic E-state index is 11.5. The van der Waals surface area contributed by atoms with Crippen molar-refractivity contribution in [3.63, 3.8) is 0 Å². The minimum Gasteiger partial charge on any atom is -0.368 e. The molecule has 0 aromatic rings. The fraction of sp³-hybridized carbons (Fsp3) is 0.800. The molecule has 4 N–H and O–H groups in total. The topological polar surface area (TPSA) is 84.2 Å². The highest BCUT2D eigenvalue weighted by molar-refractivity contribution is 5.89. The first-order valence-electron chi connectivity index (χ1n) is 5.30. The lowest BCUT2D eigenvalue weighted by Crippen LogP contribution is -2.56. The van der Waals surface area contributed by atoms with Crippen LogP contribution in [-0.2, 0) is 4.79 Å². The summed E-state index contributed by atoms with van der Waals surface area (Å²) in [5.41, 5.74) is 4.15. The largest absolute Gasteiger partial charge is 0.368 e. The summed E-state index contributed by atoms with van der Waals surface area (Å²) in [6, 6.07) is -0.0700. The van der Waals surface area contributed by atoms with Crippen LogP contribution in [-0.4, -0.2) is 23.5 Å². The molecule has 0 bridgehead atoms. The van der Waals surface area contributed by atoms with Gasteiger partial charge in [-0.1, -0.05) is 12.8 Å². The van der Waals surface area contributed by atoms with Gasteiger partial charge in [0.15, 0.2) is 0 Å². The Hall–Kier alpha value is -1.26. The van der Waals surface area contributed by atoms with E-state index in [9.17, 15) is 9.59 Å². The van der Waals surface area contributed by atoms with Crippen molar-refractivity contribution in [2.45, 2.75) is 51.1 Å². The van der Waals surface area contributed by atoms with Crippen LogP contribution in [0.15, 0.2) is 0 Å². The molecule has 1 fully saturated rings. The third-order valence-electron chi connectivity index (χ3n) is 2.73. The monoisotopic (exact) mass is 213 g/mol. The normalized spacial score (nSPS) is 17.5. The molecule has 0 unspecified atom stereocenters. The molecule has 0 aliphatic heterocycles. The van der Waals surface area contributed by atoms with E-state index in [1.165, 1.54) is 0 Å². The van der Waals surface area contributed by atoms with E-state index in [0.29, 0.717) is 0 Å². The molecule has 0 heterocycles. The van der Waals surface area contributed by atoms with Gasteiger partial charge in [0.25, 0.3) is 0 Å². The van der Waals surface area contributed by atoms with E-state index in [1.807, 2.05) is 0 Å². The quantitative estimate of drug-likeness (QED) is 0.637. The molecule has 5 heteroatoms. The Balaban J connectivity index is 2.38. The highest BCUT2D eigenvalue weighted by atomic mass is 16.2. The zero-order chi connectivity index (χ0) is 11.5. The Morgan fingerprint density at radius 3 is 2.27 bits per heavy atom. The minimum atomic E-state index is -0.997. The van der Waals surface area contributed by atoms with E-state index in [4.69, 9.17) is 5.73 Å². The molecule has 0 spiro atoms. The average Bonchev–Trinajstić information content (AvgIpc) is 2.54. The molecule has 15 heavy (non-hydrogen) atoms. The molecule has 0 radical (unpaired) electrons. The second-order valence-electron chi connectivity index (χ2n) is 4.57. The summed E-state index contributed by atoms with van der Waals surface area (Å²) < 4.78 is 0. The van der Waals surface area contributed by atoms with Crippen LogP contribution in [0, 0.1) is 0 Å². The summed E-state index contributed by atoms with van der Waals surface area (Å²) >= 11 is 0. The minimum absolute atomic E-state index is 0.244. The highest BCUT2D eigenvalue weighted by Gasteiger charge is 2.28. The predicted octanol–water partition coefficient (Wildman–Crippen LogP) is 0.492. The third-order valence-corrected chi connectivity index (χ3v) is 2.73. The number of hydrogen-bond acceptors (Lipinski definition) is 2. The van der Waals surface area contributed by atoms with Crippen LogP contribution in [0.2, 0.25) is 0 Å². The van der Waals surface area contributed by atoms with Crippen molar-refractivity contribution in [1.29, 1.82) is 0 Å². The maximum Gasteiger partial charge on any atom is 0.315 e. The van der Waals surface area contributed by atoms with Crippen LogP contribution in [0.3, 0.4) is 0 Å². The highest BCUT2D eigenvalue weighted by Crippen LogP contribution is 2.17. The molecule has 5 nitrogen and oxygen atoms in total. The molecule has 0 aromatic carbocycles. The van der Waals surface area contributed by atoms with Gasteiger partial charge in [0.2, 0.25) is 5.91 Å². The molecule has 0 saturated heterocycles. The SMILES string of the molecule is CC(C)(NC(=O)NC1CCCC1)C(N)=O. The number of primary amides is 1. The standard InChI is InChI=1S/C10H19N3O2/c1-10(2,8(11)14)13-9(15)12-7-5-3-4-6-7/h7H,3-6H2,1-2H3,(H2,11,14)(H2,12,13,15). The Morgan fingerprint density at radius 1 is 1.27 bits per heavy atom. The first-order valence-corrected chi connectivity index (χ1v) is 5.30. The van der Waals surface area contributed by atoms with Crippen molar-refractivity contribution < 1.29 is 9.59 Å². The number of carbonyl (C=O) groups excluding carboxylic acids is 2. The molecule has 86 valence electrons. The zero-order valence-corrected chi connectivity index (χ0v) is 9.30. The second kappa shape index (κ2) is 4.51. The Bertz CT molecular complexity index is 257. The predicted molar refractivity (Wildman–Crippen MR) is 57.2 cm³/mol. The van der Waals surface area contributed by atoms with Gasteiger partial charge < -0.3 is 16.4 Å². The molecular formula is C10H19N3O2. The van der Waals surface area contributed by atoms with Gasteiger partial charge in [-0.15, -0.1) is 0 Å². The van der Waals surface area contributed by atoms with Crippen molar-refractivity contribution in [2.75, 3.05) is 0 Å². The number of nitrogens with two attached hydrogens (primary N) is 1. The van der Waals surface area contributed by atoms with Crippen molar-refractivity contribution in [2.24, 2.45) is 5.73 Å². The van der Waals surface area contributed by atoms with Crippen LogP contribution in [0.25, 0.3) is 0 Å². The Kier molecular flexibility index (Phi) is 3.55. The van der Waals surface area contributed by atoms with Crippen molar-refractivity contribution in [3.8, 4) is 0 Å². The second-order valence-corrected chi connectivity index (χ2v) is 4.57. The first kappa shape index (κ1) is 11.8. The van der Waals surface area contributed by atoms with Gasteiger partial charge in [0, 0.05) is 6.04 Å². The van der Waals surface area contributed by atoms with Crippen LogP contribution >= 0.6 is 0 Å². The smallest absolute Gasteiger partial charge is 0.315 e. The number of hydrogen-bond donors (Lipinski definition) is 3. The van der Waals surface area contributed by atoms with Gasteiger partial charge in [0.05, 0.1) is 0 Å². The molecular weight excluding hydrogens is 194 g/mol. The molecule has 0 atom stereocenters. The van der Waals surface area contributed by atoms with Crippen LogP contribution in [0.4, 0.5) is 4.79 Å². The van der Waals surface area contributed by atoms with Crippen molar-refractivity contribution in [3.05, 3.63) is 0 Å². The summed E-state index contributed by atoms with van der Waals surface area (Å²) in [6.45, 7) is 3.17. The Morgan fingerprint density at radius 2 is 1.80 bits per heavy atom. The fourth-order valence-electron chi connectivity index (χ4n) is 1.64. The Labute approximate surface area is 89.8 Å². The summed E-state index contributed by atoms with van der Waals surface area (Å²) in [4.78, 5) is 22.5. The molecule has 3 amide bonds. The lowest BCUT2D eigenvalue weighted by atomic mass is 10.1. The maximum atomic E-state index is 11.5. The molecule has 0 aromatic heterocycles. The summed E-state index contributed by atoms with van der Waals surface area (Å²) in [5.74, 6) is -0.538. The van der Waals surface area contributed by atoms with Gasteiger partial charge in [-0.3, -0.25) is 4.79 Å². The zero-order valence-electron chi connectivity index (χ0n) is 9.30. The molecule has 1 aliphatic rings.